The second kappa shape index (κ2) is 20.1. The Balaban J connectivity index is 0.000000626. The lowest BCUT2D eigenvalue weighted by atomic mass is 10.00. The first-order valence-corrected chi connectivity index (χ1v) is 19.5. The van der Waals surface area contributed by atoms with E-state index in [4.69, 9.17) is 20.4 Å². The zero-order chi connectivity index (χ0) is 44.6. The van der Waals surface area contributed by atoms with Crippen LogP contribution >= 0.6 is 0 Å². The third kappa shape index (κ3) is 11.4. The van der Waals surface area contributed by atoms with Gasteiger partial charge < -0.3 is 34.8 Å². The molecule has 0 aliphatic carbocycles. The van der Waals surface area contributed by atoms with Crippen molar-refractivity contribution < 1.29 is 56.8 Å². The molecule has 1 saturated heterocycles. The molecule has 1 fully saturated rings. The second-order valence-corrected chi connectivity index (χ2v) is 14.5. The number of carbonyl (C=O) groups is 3. The number of hydrogen-bond donors (Lipinski definition) is 4. The first-order valence-electron chi connectivity index (χ1n) is 19.5. The van der Waals surface area contributed by atoms with Gasteiger partial charge >= 0.3 is 18.1 Å². The van der Waals surface area contributed by atoms with Gasteiger partial charge in [-0.15, -0.1) is 0 Å². The van der Waals surface area contributed by atoms with Crippen LogP contribution in [0.4, 0.5) is 22.0 Å². The maximum Gasteiger partial charge on any atom is 0.416 e. The molecule has 0 radical (unpaired) electrons. The minimum Gasteiger partial charge on any atom is -0.479 e. The number of aryl methyl sites for hydroxylation is 3. The fraction of sp³-hybridized carbons (Fsp3) is 0.372. The summed E-state index contributed by atoms with van der Waals surface area (Å²) < 4.78 is 71.2. The van der Waals surface area contributed by atoms with Gasteiger partial charge in [0.15, 0.2) is 34.9 Å². The summed E-state index contributed by atoms with van der Waals surface area (Å²) in [7, 11) is 0. The Bertz CT molecular complexity index is 2360. The van der Waals surface area contributed by atoms with Gasteiger partial charge in [-0.05, 0) is 79.6 Å². The molecule has 1 amide bonds. The number of carboxylic acid groups (broad SMARTS) is 2. The summed E-state index contributed by atoms with van der Waals surface area (Å²) in [5.74, 6) is -5.60. The molecule has 0 saturated carbocycles. The Morgan fingerprint density at radius 3 is 1.98 bits per heavy atom. The van der Waals surface area contributed by atoms with Crippen LogP contribution < -0.4 is 5.43 Å². The first-order chi connectivity index (χ1) is 28.9. The first kappa shape index (κ1) is 46.1. The van der Waals surface area contributed by atoms with Crippen molar-refractivity contribution in [2.45, 2.75) is 83.6 Å². The lowest BCUT2D eigenvalue weighted by molar-refractivity contribution is -0.165. The lowest BCUT2D eigenvalue weighted by Crippen LogP contribution is -2.48. The molecule has 6 rings (SSSR count). The smallest absolute Gasteiger partial charge is 0.416 e. The number of piperidine rings is 1. The number of amides is 1. The molecule has 2 unspecified atom stereocenters. The molecular weight excluding hydrogens is 809 g/mol. The Kier molecular flexibility index (Phi) is 15.2. The van der Waals surface area contributed by atoms with Crippen LogP contribution in [0.25, 0.3) is 22.2 Å². The van der Waals surface area contributed by atoms with Crippen molar-refractivity contribution in [3.8, 4) is 11.1 Å². The van der Waals surface area contributed by atoms with Gasteiger partial charge in [-0.25, -0.2) is 18.4 Å². The maximum absolute atomic E-state index is 14.6. The third-order valence-electron chi connectivity index (χ3n) is 10.6. The topological polar surface area (TPSA) is 178 Å². The van der Waals surface area contributed by atoms with Crippen LogP contribution in [-0.4, -0.2) is 100 Å². The predicted molar refractivity (Wildman–Crippen MR) is 213 cm³/mol. The minimum absolute atomic E-state index is 0.0530. The minimum atomic E-state index is -4.41. The Hall–Kier alpha value is -5.98. The van der Waals surface area contributed by atoms with Crippen LogP contribution in [0.2, 0.25) is 0 Å². The molecule has 2 atom stereocenters. The molecule has 3 heterocycles. The highest BCUT2D eigenvalue weighted by Gasteiger charge is 2.31. The van der Waals surface area contributed by atoms with Gasteiger partial charge in [0.25, 0.3) is 0 Å². The average molecular weight is 856 g/mol. The van der Waals surface area contributed by atoms with E-state index in [-0.39, 0.29) is 42.3 Å². The lowest BCUT2D eigenvalue weighted by Gasteiger charge is -2.38. The van der Waals surface area contributed by atoms with Gasteiger partial charge in [0.05, 0.1) is 10.9 Å². The molecule has 1 aliphatic rings. The van der Waals surface area contributed by atoms with E-state index in [2.05, 4.69) is 16.9 Å². The van der Waals surface area contributed by atoms with E-state index in [1.54, 1.807) is 15.4 Å². The average Bonchev–Trinajstić information content (AvgIpc) is 3.70. The number of hydrogen-bond acceptors (Lipinski definition) is 8. The largest absolute Gasteiger partial charge is 0.479 e. The molecule has 1 aliphatic heterocycles. The van der Waals surface area contributed by atoms with Gasteiger partial charge in [-0.2, -0.15) is 18.3 Å². The molecule has 0 bridgehead atoms. The van der Waals surface area contributed by atoms with Crippen LogP contribution in [-0.2, 0) is 53.0 Å². The number of rotatable bonds is 14. The van der Waals surface area contributed by atoms with Crippen LogP contribution in [0.3, 0.4) is 0 Å². The van der Waals surface area contributed by atoms with Crippen molar-refractivity contribution in [1.82, 2.24) is 24.1 Å². The number of pyridine rings is 1. The molecule has 3 aromatic carbocycles. The summed E-state index contributed by atoms with van der Waals surface area (Å²) in [5.41, 5.74) is 2.30. The number of carboxylic acids is 2. The van der Waals surface area contributed by atoms with E-state index in [0.29, 0.717) is 35.4 Å². The molecular formula is C43H46F5N5O8. The van der Waals surface area contributed by atoms with Crippen molar-refractivity contribution in [2.24, 2.45) is 0 Å². The number of fused-ring (bicyclic) bond motifs is 1. The molecule has 4 N–H and O–H groups in total. The predicted octanol–water partition coefficient (Wildman–Crippen LogP) is 5.36. The van der Waals surface area contributed by atoms with Crippen LogP contribution in [0, 0.1) is 11.6 Å². The summed E-state index contributed by atoms with van der Waals surface area (Å²) in [6.45, 7) is 7.29. The summed E-state index contributed by atoms with van der Waals surface area (Å²) in [4.78, 5) is 51.5. The number of alkyl halides is 3. The van der Waals surface area contributed by atoms with Crippen LogP contribution in [0.15, 0.2) is 83.8 Å². The van der Waals surface area contributed by atoms with E-state index < -0.39 is 47.5 Å². The Morgan fingerprint density at radius 1 is 0.852 bits per heavy atom. The molecule has 13 nitrogen and oxygen atoms in total. The highest BCUT2D eigenvalue weighted by molar-refractivity contribution is 5.83. The molecule has 0 spiro atoms. The van der Waals surface area contributed by atoms with Crippen LogP contribution in [0.1, 0.15) is 49.1 Å². The molecule has 2 aromatic heterocycles. The highest BCUT2D eigenvalue weighted by atomic mass is 19.4. The molecule has 326 valence electrons. The fourth-order valence-electron chi connectivity index (χ4n) is 7.09. The van der Waals surface area contributed by atoms with E-state index in [1.165, 1.54) is 30.3 Å². The van der Waals surface area contributed by atoms with E-state index >= 15 is 0 Å². The van der Waals surface area contributed by atoms with Gasteiger partial charge in [-0.1, -0.05) is 55.5 Å². The summed E-state index contributed by atoms with van der Waals surface area (Å²) >= 11 is 0. The summed E-state index contributed by atoms with van der Waals surface area (Å²) in [5, 5.41) is 37.5. The highest BCUT2D eigenvalue weighted by Crippen LogP contribution is 2.31. The number of carbonyl (C=O) groups excluding carboxylic acids is 1. The second-order valence-electron chi connectivity index (χ2n) is 14.5. The standard InChI is InChI=1S/C39H40F5N5O2.C4H6O6/c1-3-46-20-18-31(19-21-46)48(23-26-8-10-27(11-9-26)28-12-15-30(16-13-28)39(42,43)44)36(51)25-49-32(17-14-29-6-5-7-34(40)37(29)41)22-35(50)33-24-47(4-2)45-38(33)49;5-1(3(7)8)2(6)4(9)10/h5-13,15-16,22,24,31H,3-4,14,17-21,23,25H2,1-2H3;1-2,5-6H,(H,7,8)(H,9,10). The number of halogens is 5. The number of aliphatic carboxylic acids is 2. The van der Waals surface area contributed by atoms with Crippen molar-refractivity contribution in [3.05, 3.63) is 123 Å². The summed E-state index contributed by atoms with van der Waals surface area (Å²) in [6.07, 6.45) is -5.44. The monoisotopic (exact) mass is 855 g/mol. The maximum atomic E-state index is 14.6. The number of aliphatic hydroxyl groups is 2. The van der Waals surface area contributed by atoms with Crippen LogP contribution in [0.5, 0.6) is 0 Å². The van der Waals surface area contributed by atoms with Gasteiger partial charge in [0, 0.05) is 50.2 Å². The third-order valence-corrected chi connectivity index (χ3v) is 10.6. The van der Waals surface area contributed by atoms with Gasteiger partial charge in [0.1, 0.15) is 6.54 Å². The normalized spacial score (nSPS) is 14.6. The number of benzene rings is 3. The van der Waals surface area contributed by atoms with Gasteiger partial charge in [0.2, 0.25) is 5.91 Å². The van der Waals surface area contributed by atoms with Crippen molar-refractivity contribution in [1.29, 1.82) is 0 Å². The quantitative estimate of drug-likeness (QED) is 0.106. The molecule has 61 heavy (non-hydrogen) atoms. The van der Waals surface area contributed by atoms with E-state index in [1.807, 2.05) is 36.1 Å². The fourth-order valence-corrected chi connectivity index (χ4v) is 7.09. The Morgan fingerprint density at radius 2 is 1.44 bits per heavy atom. The Labute approximate surface area is 346 Å². The zero-order valence-corrected chi connectivity index (χ0v) is 33.4. The zero-order valence-electron chi connectivity index (χ0n) is 33.4. The van der Waals surface area contributed by atoms with Gasteiger partial charge in [-0.3, -0.25) is 14.3 Å². The molecule has 18 heteroatoms. The number of likely N-dealkylation sites (tertiary alicyclic amines) is 1. The number of aromatic nitrogens is 3. The van der Waals surface area contributed by atoms with E-state index in [9.17, 15) is 41.1 Å². The summed E-state index contributed by atoms with van der Waals surface area (Å²) in [6, 6.07) is 17.9. The van der Waals surface area contributed by atoms with Crippen molar-refractivity contribution in [3.63, 3.8) is 0 Å². The van der Waals surface area contributed by atoms with Crippen molar-refractivity contribution >= 4 is 28.9 Å². The number of aliphatic hydroxyl groups excluding tert-OH is 2. The number of nitrogens with zero attached hydrogens (tertiary/aromatic N) is 5. The van der Waals surface area contributed by atoms with E-state index in [0.717, 1.165) is 61.8 Å². The molecule has 5 aromatic rings. The SMILES string of the molecule is CCN1CCC(N(Cc2ccc(-c3ccc(C(F)(F)F)cc3)cc2)C(=O)Cn2c(CCc3cccc(F)c3F)cc(=O)c3cn(CC)nc32)CC1.O=C(O)C(O)C(O)C(=O)O. The van der Waals surface area contributed by atoms with Crippen molar-refractivity contribution in [2.75, 3.05) is 19.6 Å².